The normalized spacial score (nSPS) is 12.8. The minimum Gasteiger partial charge on any atom is -0.319 e. The fraction of sp³-hybridized carbons (Fsp3) is 0.158. The molecule has 3 rings (SSSR count). The molecular weight excluding hydrogens is 565 g/mol. The van der Waals surface area contributed by atoms with Crippen LogP contribution in [0.2, 0.25) is 10.0 Å². The highest BCUT2D eigenvalue weighted by Crippen LogP contribution is 2.31. The summed E-state index contributed by atoms with van der Waals surface area (Å²) in [7, 11) is -3.26. The first-order valence-corrected chi connectivity index (χ1v) is 12.8. The molecule has 3 aromatic rings. The monoisotopic (exact) mass is 577 g/mol. The molecule has 1 atom stereocenters. The Morgan fingerprint density at radius 3 is 2.66 bits per heavy atom. The fourth-order valence-electron chi connectivity index (χ4n) is 2.83. The van der Waals surface area contributed by atoms with Gasteiger partial charge >= 0.3 is 0 Å². The number of hydrogen-bond acceptors (Lipinski definition) is 5. The maximum atomic E-state index is 13.2. The molecule has 2 amide bonds. The van der Waals surface area contributed by atoms with Crippen LogP contribution in [-0.2, 0) is 14.5 Å². The van der Waals surface area contributed by atoms with Gasteiger partial charge in [0.2, 0.25) is 0 Å². The highest BCUT2D eigenvalue weighted by molar-refractivity contribution is 9.10. The Kier molecular flexibility index (Phi) is 7.61. The molecule has 0 saturated carbocycles. The van der Waals surface area contributed by atoms with E-state index in [2.05, 4.69) is 35.7 Å². The van der Waals surface area contributed by atoms with Crippen molar-refractivity contribution < 1.29 is 13.8 Å². The molecule has 0 spiro atoms. The van der Waals surface area contributed by atoms with E-state index in [-0.39, 0.29) is 32.1 Å². The van der Waals surface area contributed by atoms with E-state index < -0.39 is 27.4 Å². The summed E-state index contributed by atoms with van der Waals surface area (Å²) in [5, 5.41) is 7.52. The Bertz CT molecular complexity index is 1350. The van der Waals surface area contributed by atoms with Crippen LogP contribution >= 0.6 is 50.7 Å². The lowest BCUT2D eigenvalue weighted by atomic mass is 10.2. The number of nitrogens with one attached hydrogen (secondary N) is 1. The van der Waals surface area contributed by atoms with E-state index in [9.17, 15) is 13.8 Å². The molecule has 0 fully saturated rings. The van der Waals surface area contributed by atoms with E-state index >= 15 is 0 Å². The molecule has 0 radical (unpaired) electrons. The zero-order valence-electron chi connectivity index (χ0n) is 16.6. The zero-order chi connectivity index (χ0) is 23.6. The van der Waals surface area contributed by atoms with Crippen LogP contribution in [0.25, 0.3) is 5.82 Å². The van der Waals surface area contributed by atoms with Crippen molar-refractivity contribution in [3.63, 3.8) is 0 Å². The number of nitrogens with zero attached hydrogens (tertiary/aromatic N) is 4. The van der Waals surface area contributed by atoms with Crippen LogP contribution in [0.4, 0.5) is 5.69 Å². The second kappa shape index (κ2) is 9.88. The van der Waals surface area contributed by atoms with Gasteiger partial charge in [-0.25, -0.2) is 13.9 Å². The Labute approximate surface area is 207 Å². The highest BCUT2D eigenvalue weighted by atomic mass is 79.9. The van der Waals surface area contributed by atoms with Crippen LogP contribution in [0.5, 0.6) is 0 Å². The topological polar surface area (TPSA) is 106 Å². The molecular formula is C19H15BrCl3N5O3S. The molecule has 0 aliphatic heterocycles. The number of hydrogen-bond donors (Lipinski definition) is 1. The van der Waals surface area contributed by atoms with Gasteiger partial charge in [-0.15, -0.1) is 11.6 Å². The molecule has 2 heterocycles. The number of benzene rings is 1. The Hall–Kier alpha value is -1.98. The predicted octanol–water partition coefficient (Wildman–Crippen LogP) is 5.12. The third kappa shape index (κ3) is 5.32. The molecule has 0 aliphatic rings. The van der Waals surface area contributed by atoms with Crippen LogP contribution in [0.15, 0.2) is 50.4 Å². The number of rotatable bonds is 5. The summed E-state index contributed by atoms with van der Waals surface area (Å²) in [6.07, 6.45) is 2.79. The van der Waals surface area contributed by atoms with Crippen molar-refractivity contribution in [3.05, 3.63) is 62.4 Å². The van der Waals surface area contributed by atoms with Gasteiger partial charge < -0.3 is 5.32 Å². The van der Waals surface area contributed by atoms with E-state index in [1.807, 2.05) is 0 Å². The number of amides is 2. The van der Waals surface area contributed by atoms with Crippen molar-refractivity contribution in [1.29, 1.82) is 0 Å². The van der Waals surface area contributed by atoms with Gasteiger partial charge in [-0.2, -0.15) is 9.46 Å². The van der Waals surface area contributed by atoms with Crippen LogP contribution in [0.1, 0.15) is 16.1 Å². The van der Waals surface area contributed by atoms with Crippen LogP contribution in [0, 0.1) is 6.92 Å². The molecule has 0 saturated heterocycles. The van der Waals surface area contributed by atoms with Crippen LogP contribution in [-0.4, -0.2) is 42.9 Å². The smallest absolute Gasteiger partial charge is 0.274 e. The van der Waals surface area contributed by atoms with E-state index in [1.54, 1.807) is 25.1 Å². The van der Waals surface area contributed by atoms with Gasteiger partial charge in [0, 0.05) is 23.5 Å². The fourth-order valence-corrected chi connectivity index (χ4v) is 5.36. The molecule has 8 nitrogen and oxygen atoms in total. The number of carbonyl (C=O) groups excluding carboxylic acids is 2. The molecule has 1 aromatic carbocycles. The average molecular weight is 580 g/mol. The Morgan fingerprint density at radius 2 is 2.00 bits per heavy atom. The van der Waals surface area contributed by atoms with E-state index in [0.717, 1.165) is 0 Å². The predicted molar refractivity (Wildman–Crippen MR) is 129 cm³/mol. The third-order valence-corrected chi connectivity index (χ3v) is 6.97. The van der Waals surface area contributed by atoms with Crippen molar-refractivity contribution in [2.24, 2.45) is 4.36 Å². The Morgan fingerprint density at radius 1 is 1.28 bits per heavy atom. The summed E-state index contributed by atoms with van der Waals surface area (Å²) in [4.78, 5) is 29.2. The standard InChI is InChI=1S/C19H15BrCl3N5O3S/c1-10-6-11(22)7-14(32(2,31)27-16(29)9-21)17(10)25-19(30)13-8-15(20)26-28(13)18-12(23)4-3-5-24-18/h3-8H,9H2,1-2H3,(H,25,30). The van der Waals surface area contributed by atoms with Crippen molar-refractivity contribution in [3.8, 4) is 5.82 Å². The van der Waals surface area contributed by atoms with Crippen molar-refractivity contribution >= 4 is 78.0 Å². The lowest BCUT2D eigenvalue weighted by molar-refractivity contribution is -0.115. The minimum atomic E-state index is -3.26. The summed E-state index contributed by atoms with van der Waals surface area (Å²) in [5.74, 6) is -1.51. The van der Waals surface area contributed by atoms with Crippen molar-refractivity contribution in [2.45, 2.75) is 11.8 Å². The first kappa shape index (κ1) is 24.7. The first-order chi connectivity index (χ1) is 15.0. The Balaban J connectivity index is 2.11. The van der Waals surface area contributed by atoms with E-state index in [4.69, 9.17) is 34.8 Å². The second-order valence-corrected chi connectivity index (χ2v) is 10.7. The second-order valence-electron chi connectivity index (χ2n) is 6.54. The van der Waals surface area contributed by atoms with E-state index in [0.29, 0.717) is 10.2 Å². The number of pyridine rings is 1. The highest BCUT2D eigenvalue weighted by Gasteiger charge is 2.23. The number of carbonyl (C=O) groups is 2. The lowest BCUT2D eigenvalue weighted by Crippen LogP contribution is -2.20. The van der Waals surface area contributed by atoms with Crippen LogP contribution in [0.3, 0.4) is 0 Å². The van der Waals surface area contributed by atoms with Crippen LogP contribution < -0.4 is 5.32 Å². The lowest BCUT2D eigenvalue weighted by Gasteiger charge is -2.16. The number of aromatic nitrogens is 3. The summed E-state index contributed by atoms with van der Waals surface area (Å²) in [6.45, 7) is 1.67. The van der Waals surface area contributed by atoms with Gasteiger partial charge in [0.1, 0.15) is 16.2 Å². The summed E-state index contributed by atoms with van der Waals surface area (Å²) >= 11 is 21.1. The number of anilines is 1. The maximum absolute atomic E-state index is 13.2. The summed E-state index contributed by atoms with van der Waals surface area (Å²) < 4.78 is 18.6. The third-order valence-electron chi connectivity index (χ3n) is 4.15. The SMILES string of the molecule is Cc1cc(Cl)cc(S(C)(=O)=NC(=O)CCl)c1NC(=O)c1cc(Br)nn1-c1ncccc1Cl. The van der Waals surface area contributed by atoms with Gasteiger partial charge in [-0.3, -0.25) is 9.59 Å². The molecule has 13 heteroatoms. The quantitative estimate of drug-likeness (QED) is 0.423. The van der Waals surface area contributed by atoms with Gasteiger partial charge in [0.15, 0.2) is 5.82 Å². The molecule has 168 valence electrons. The number of aryl methyl sites for hydroxylation is 1. The molecule has 0 bridgehead atoms. The van der Waals surface area contributed by atoms with Gasteiger partial charge in [-0.05, 0) is 52.7 Å². The number of halogens is 4. The molecule has 0 aliphatic carbocycles. The maximum Gasteiger partial charge on any atom is 0.274 e. The minimum absolute atomic E-state index is 0.0929. The summed E-state index contributed by atoms with van der Waals surface area (Å²) in [5.41, 5.74) is 0.827. The number of alkyl halides is 1. The van der Waals surface area contributed by atoms with Gasteiger partial charge in [0.05, 0.1) is 25.3 Å². The van der Waals surface area contributed by atoms with Gasteiger partial charge in [-0.1, -0.05) is 23.2 Å². The molecule has 32 heavy (non-hydrogen) atoms. The van der Waals surface area contributed by atoms with Gasteiger partial charge in [0.25, 0.3) is 11.8 Å². The summed E-state index contributed by atoms with van der Waals surface area (Å²) in [6, 6.07) is 7.72. The molecule has 1 N–H and O–H groups in total. The van der Waals surface area contributed by atoms with E-state index in [1.165, 1.54) is 29.3 Å². The zero-order valence-corrected chi connectivity index (χ0v) is 21.3. The average Bonchev–Trinajstić information content (AvgIpc) is 3.11. The molecule has 2 aromatic heterocycles. The molecule has 1 unspecified atom stereocenters. The van der Waals surface area contributed by atoms with Crippen molar-refractivity contribution in [2.75, 3.05) is 17.5 Å². The largest absolute Gasteiger partial charge is 0.319 e. The first-order valence-electron chi connectivity index (χ1n) is 8.82. The van der Waals surface area contributed by atoms with Crippen molar-refractivity contribution in [1.82, 2.24) is 14.8 Å².